The first kappa shape index (κ1) is 31.2. The lowest BCUT2D eigenvalue weighted by atomic mass is 9.66. The van der Waals surface area contributed by atoms with Gasteiger partial charge in [-0.25, -0.2) is 0 Å². The summed E-state index contributed by atoms with van der Waals surface area (Å²) < 4.78 is 6.32. The van der Waals surface area contributed by atoms with Crippen molar-refractivity contribution in [3.8, 4) is 22.9 Å². The summed E-state index contributed by atoms with van der Waals surface area (Å²) in [6, 6.07) is 20.4. The van der Waals surface area contributed by atoms with Gasteiger partial charge in [-0.05, 0) is 86.1 Å². The van der Waals surface area contributed by atoms with Crippen LogP contribution in [-0.4, -0.2) is 17.8 Å². The van der Waals surface area contributed by atoms with Gasteiger partial charge in [0.2, 0.25) is 0 Å². The van der Waals surface area contributed by atoms with Crippen LogP contribution in [0.2, 0.25) is 0 Å². The van der Waals surface area contributed by atoms with Crippen LogP contribution in [0.5, 0.6) is 5.75 Å². The minimum Gasteiger partial charge on any atom is -0.490 e. The van der Waals surface area contributed by atoms with Crippen LogP contribution in [0.1, 0.15) is 134 Å². The summed E-state index contributed by atoms with van der Waals surface area (Å²) in [6.07, 6.45) is 19.8. The molecule has 0 heterocycles. The predicted molar refractivity (Wildman–Crippen MR) is 164 cm³/mol. The van der Waals surface area contributed by atoms with Crippen molar-refractivity contribution in [2.24, 2.45) is 5.41 Å². The molecule has 3 nitrogen and oxygen atoms in total. The number of benzene rings is 2. The highest BCUT2D eigenvalue weighted by Gasteiger charge is 2.36. The molecule has 0 amide bonds. The van der Waals surface area contributed by atoms with E-state index in [0.29, 0.717) is 5.92 Å². The van der Waals surface area contributed by atoms with Crippen LogP contribution in [0.25, 0.3) is 11.1 Å². The van der Waals surface area contributed by atoms with Crippen molar-refractivity contribution < 1.29 is 9.84 Å². The van der Waals surface area contributed by atoms with E-state index in [4.69, 9.17) is 9.84 Å². The molecule has 214 valence electrons. The van der Waals surface area contributed by atoms with Crippen molar-refractivity contribution >= 4 is 0 Å². The third-order valence-corrected chi connectivity index (χ3v) is 8.76. The van der Waals surface area contributed by atoms with Crippen molar-refractivity contribution in [1.82, 2.24) is 0 Å². The molecule has 0 spiro atoms. The molecule has 1 saturated carbocycles. The van der Waals surface area contributed by atoms with Gasteiger partial charge in [0.1, 0.15) is 5.75 Å². The molecule has 1 N–H and O–H groups in total. The molecule has 39 heavy (non-hydrogen) atoms. The molecular formula is C36H53NO2. The molecule has 1 aliphatic carbocycles. The molecule has 3 unspecified atom stereocenters. The highest BCUT2D eigenvalue weighted by Crippen LogP contribution is 2.47. The van der Waals surface area contributed by atoms with Gasteiger partial charge < -0.3 is 9.84 Å². The van der Waals surface area contributed by atoms with Gasteiger partial charge in [-0.1, -0.05) is 108 Å². The average molecular weight is 532 g/mol. The first-order valence-corrected chi connectivity index (χ1v) is 16.0. The Morgan fingerprint density at radius 3 is 2.18 bits per heavy atom. The third-order valence-electron chi connectivity index (χ3n) is 8.76. The lowest BCUT2D eigenvalue weighted by Crippen LogP contribution is -2.26. The van der Waals surface area contributed by atoms with Gasteiger partial charge in [-0.3, -0.25) is 0 Å². The van der Waals surface area contributed by atoms with Crippen molar-refractivity contribution in [3.05, 3.63) is 54.1 Å². The van der Waals surface area contributed by atoms with Crippen molar-refractivity contribution in [3.63, 3.8) is 0 Å². The summed E-state index contributed by atoms with van der Waals surface area (Å²) >= 11 is 0. The SMILES string of the molecule is CCCCCCCCC1(C#N)CCCC(c2ccc(-c3ccc(OC(CCC)CCCCCO)cc3)cc2)C1. The molecule has 1 aliphatic rings. The number of nitriles is 1. The minimum atomic E-state index is -0.128. The molecule has 0 bridgehead atoms. The molecule has 3 atom stereocenters. The van der Waals surface area contributed by atoms with Crippen LogP contribution in [0.3, 0.4) is 0 Å². The van der Waals surface area contributed by atoms with Gasteiger partial charge in [0.15, 0.2) is 0 Å². The van der Waals surface area contributed by atoms with Gasteiger partial charge in [0.25, 0.3) is 0 Å². The van der Waals surface area contributed by atoms with Crippen LogP contribution >= 0.6 is 0 Å². The van der Waals surface area contributed by atoms with Gasteiger partial charge >= 0.3 is 0 Å². The van der Waals surface area contributed by atoms with Crippen LogP contribution in [0.15, 0.2) is 48.5 Å². The molecule has 3 heteroatoms. The molecule has 2 aromatic carbocycles. The molecule has 2 aromatic rings. The fourth-order valence-corrected chi connectivity index (χ4v) is 6.39. The maximum atomic E-state index is 10.1. The van der Waals surface area contributed by atoms with E-state index in [1.54, 1.807) is 0 Å². The van der Waals surface area contributed by atoms with Crippen LogP contribution in [0.4, 0.5) is 0 Å². The van der Waals surface area contributed by atoms with Crippen molar-refractivity contribution in [2.75, 3.05) is 6.61 Å². The number of ether oxygens (including phenoxy) is 1. The zero-order valence-electron chi connectivity index (χ0n) is 24.8. The highest BCUT2D eigenvalue weighted by molar-refractivity contribution is 5.64. The van der Waals surface area contributed by atoms with Crippen molar-refractivity contribution in [2.45, 2.75) is 135 Å². The van der Waals surface area contributed by atoms with E-state index in [9.17, 15) is 5.26 Å². The van der Waals surface area contributed by atoms with Gasteiger partial charge in [0.05, 0.1) is 17.6 Å². The monoisotopic (exact) mass is 531 g/mol. The Morgan fingerprint density at radius 1 is 0.846 bits per heavy atom. The number of aliphatic hydroxyl groups is 1. The van der Waals surface area contributed by atoms with E-state index in [1.807, 2.05) is 0 Å². The smallest absolute Gasteiger partial charge is 0.119 e. The van der Waals surface area contributed by atoms with Crippen LogP contribution in [-0.2, 0) is 0 Å². The van der Waals surface area contributed by atoms with Crippen LogP contribution in [0, 0.1) is 16.7 Å². The van der Waals surface area contributed by atoms with E-state index in [2.05, 4.69) is 68.4 Å². The number of nitrogens with zero attached hydrogens (tertiary/aromatic N) is 1. The van der Waals surface area contributed by atoms with E-state index < -0.39 is 0 Å². The summed E-state index contributed by atoms with van der Waals surface area (Å²) in [5.41, 5.74) is 3.71. The lowest BCUT2D eigenvalue weighted by molar-refractivity contribution is 0.174. The molecule has 0 radical (unpaired) electrons. The maximum Gasteiger partial charge on any atom is 0.119 e. The largest absolute Gasteiger partial charge is 0.490 e. The summed E-state index contributed by atoms with van der Waals surface area (Å²) in [7, 11) is 0. The number of hydrogen-bond acceptors (Lipinski definition) is 3. The molecule has 0 aromatic heterocycles. The Morgan fingerprint density at radius 2 is 1.51 bits per heavy atom. The van der Waals surface area contributed by atoms with E-state index in [1.165, 1.54) is 61.6 Å². The fraction of sp³-hybridized carbons (Fsp3) is 0.639. The molecule has 3 rings (SSSR count). The van der Waals surface area contributed by atoms with Gasteiger partial charge in [-0.2, -0.15) is 5.26 Å². The van der Waals surface area contributed by atoms with Gasteiger partial charge in [-0.15, -0.1) is 0 Å². The Bertz CT molecular complexity index is 961. The quantitative estimate of drug-likeness (QED) is 0.195. The Labute approximate surface area is 239 Å². The molecule has 1 fully saturated rings. The molecule has 0 aliphatic heterocycles. The number of hydrogen-bond donors (Lipinski definition) is 1. The number of rotatable bonds is 18. The maximum absolute atomic E-state index is 10.1. The first-order valence-electron chi connectivity index (χ1n) is 16.0. The predicted octanol–water partition coefficient (Wildman–Crippen LogP) is 10.4. The summed E-state index contributed by atoms with van der Waals surface area (Å²) in [4.78, 5) is 0. The second-order valence-corrected chi connectivity index (χ2v) is 12.0. The summed E-state index contributed by atoms with van der Waals surface area (Å²) in [5.74, 6) is 1.44. The highest BCUT2D eigenvalue weighted by atomic mass is 16.5. The second kappa shape index (κ2) is 17.4. The topological polar surface area (TPSA) is 53.2 Å². The summed E-state index contributed by atoms with van der Waals surface area (Å²) in [6.45, 7) is 4.75. The zero-order valence-corrected chi connectivity index (χ0v) is 24.8. The number of aliphatic hydroxyl groups excluding tert-OH is 1. The third kappa shape index (κ3) is 10.3. The first-order chi connectivity index (χ1) is 19.1. The van der Waals surface area contributed by atoms with Gasteiger partial charge in [0, 0.05) is 6.61 Å². The fourth-order valence-electron chi connectivity index (χ4n) is 6.39. The Kier molecular flexibility index (Phi) is 13.9. The standard InChI is InChI=1S/C36H53NO2/c1-3-5-6-7-8-11-25-36(29-37)26-13-15-33(28-36)32-19-17-30(18-20-32)31-21-23-35(24-22-31)39-34(14-4-2)16-10-9-12-27-38/h17-24,33-34,38H,3-16,25-28H2,1-2H3. The van der Waals surface area contributed by atoms with E-state index >= 15 is 0 Å². The van der Waals surface area contributed by atoms with Crippen LogP contribution < -0.4 is 4.74 Å². The molecule has 0 saturated heterocycles. The average Bonchev–Trinajstić information content (AvgIpc) is 2.98. The second-order valence-electron chi connectivity index (χ2n) is 12.0. The number of unbranched alkanes of at least 4 members (excludes halogenated alkanes) is 7. The zero-order chi connectivity index (χ0) is 27.8. The molecular weight excluding hydrogens is 478 g/mol. The van der Waals surface area contributed by atoms with Crippen molar-refractivity contribution in [1.29, 1.82) is 5.26 Å². The van der Waals surface area contributed by atoms with E-state index in [0.717, 1.165) is 70.0 Å². The van der Waals surface area contributed by atoms with E-state index in [-0.39, 0.29) is 18.1 Å². The summed E-state index contributed by atoms with van der Waals surface area (Å²) in [5, 5.41) is 19.2. The normalized spacial score (nSPS) is 19.9. The lowest BCUT2D eigenvalue weighted by Gasteiger charge is -2.36. The Balaban J connectivity index is 1.55. The Hall–Kier alpha value is -2.31. The minimum absolute atomic E-state index is 0.128.